The van der Waals surface area contributed by atoms with Gasteiger partial charge in [-0.05, 0) is 23.3 Å². The number of amides is 1. The standard InChI is InChI=1S/C11H19N5OS/c1-15-11(12-13-14-15)18-9-6-10(17)16-7-4-2-3-5-8-16/h2-9H2,1H3. The zero-order chi connectivity index (χ0) is 12.8. The topological polar surface area (TPSA) is 63.9 Å². The van der Waals surface area contributed by atoms with Gasteiger partial charge in [-0.2, -0.15) is 0 Å². The lowest BCUT2D eigenvalue weighted by Crippen LogP contribution is -2.31. The van der Waals surface area contributed by atoms with E-state index in [9.17, 15) is 4.79 Å². The van der Waals surface area contributed by atoms with E-state index in [0.717, 1.165) is 36.8 Å². The maximum Gasteiger partial charge on any atom is 0.223 e. The lowest BCUT2D eigenvalue weighted by atomic mass is 10.2. The molecule has 6 nitrogen and oxygen atoms in total. The summed E-state index contributed by atoms with van der Waals surface area (Å²) in [6.45, 7) is 1.85. The molecule has 0 saturated carbocycles. The lowest BCUT2D eigenvalue weighted by Gasteiger charge is -2.19. The normalized spacial score (nSPS) is 16.6. The Morgan fingerprint density at radius 3 is 2.61 bits per heavy atom. The maximum absolute atomic E-state index is 12.0. The van der Waals surface area contributed by atoms with Gasteiger partial charge in [0.25, 0.3) is 0 Å². The van der Waals surface area contributed by atoms with Crippen molar-refractivity contribution in [1.29, 1.82) is 0 Å². The number of thioether (sulfide) groups is 1. The zero-order valence-corrected chi connectivity index (χ0v) is 11.5. The predicted molar refractivity (Wildman–Crippen MR) is 69.2 cm³/mol. The summed E-state index contributed by atoms with van der Waals surface area (Å²) in [5.74, 6) is 1.00. The first-order valence-electron chi connectivity index (χ1n) is 6.40. The number of aryl methyl sites for hydroxylation is 1. The largest absolute Gasteiger partial charge is 0.343 e. The SMILES string of the molecule is Cn1nnnc1SCCC(=O)N1CCCCCC1. The Kier molecular flexibility index (Phi) is 4.98. The summed E-state index contributed by atoms with van der Waals surface area (Å²) in [6.07, 6.45) is 5.36. The van der Waals surface area contributed by atoms with Gasteiger partial charge in [-0.1, -0.05) is 24.6 Å². The van der Waals surface area contributed by atoms with Crippen molar-refractivity contribution in [2.75, 3.05) is 18.8 Å². The Balaban J connectivity index is 1.72. The zero-order valence-electron chi connectivity index (χ0n) is 10.7. The Bertz CT molecular complexity index is 387. The van der Waals surface area contributed by atoms with Crippen LogP contribution in [0.15, 0.2) is 5.16 Å². The molecule has 0 unspecified atom stereocenters. The maximum atomic E-state index is 12.0. The van der Waals surface area contributed by atoms with Gasteiger partial charge >= 0.3 is 0 Å². The van der Waals surface area contributed by atoms with E-state index in [1.165, 1.54) is 24.6 Å². The van der Waals surface area contributed by atoms with Crippen LogP contribution in [-0.4, -0.2) is 49.9 Å². The number of hydrogen-bond donors (Lipinski definition) is 0. The van der Waals surface area contributed by atoms with E-state index in [0.29, 0.717) is 6.42 Å². The Morgan fingerprint density at radius 2 is 2.00 bits per heavy atom. The molecule has 0 aliphatic carbocycles. The first kappa shape index (κ1) is 13.3. The Morgan fingerprint density at radius 1 is 1.28 bits per heavy atom. The van der Waals surface area contributed by atoms with Gasteiger partial charge < -0.3 is 4.90 Å². The smallest absolute Gasteiger partial charge is 0.223 e. The third-order valence-corrected chi connectivity index (χ3v) is 4.10. The number of likely N-dealkylation sites (tertiary alicyclic amines) is 1. The molecule has 7 heteroatoms. The van der Waals surface area contributed by atoms with Crippen molar-refractivity contribution in [3.05, 3.63) is 0 Å². The molecule has 2 heterocycles. The number of nitrogens with zero attached hydrogens (tertiary/aromatic N) is 5. The molecular weight excluding hydrogens is 250 g/mol. The van der Waals surface area contributed by atoms with Gasteiger partial charge in [0.15, 0.2) is 0 Å². The molecule has 1 fully saturated rings. The van der Waals surface area contributed by atoms with Crippen LogP contribution < -0.4 is 0 Å². The fourth-order valence-corrected chi connectivity index (χ4v) is 2.83. The fourth-order valence-electron chi connectivity index (χ4n) is 2.05. The van der Waals surface area contributed by atoms with Gasteiger partial charge in [-0.15, -0.1) is 5.10 Å². The minimum atomic E-state index is 0.263. The molecule has 0 radical (unpaired) electrons. The molecule has 1 aliphatic rings. The summed E-state index contributed by atoms with van der Waals surface area (Å²) in [6, 6.07) is 0. The second-order valence-electron chi connectivity index (χ2n) is 4.48. The molecular formula is C11H19N5OS. The average Bonchev–Trinajstić information content (AvgIpc) is 2.64. The number of aromatic nitrogens is 4. The van der Waals surface area contributed by atoms with Crippen LogP contribution in [0.3, 0.4) is 0 Å². The summed E-state index contributed by atoms with van der Waals surface area (Å²) in [5.41, 5.74) is 0. The first-order valence-corrected chi connectivity index (χ1v) is 7.39. The third kappa shape index (κ3) is 3.69. The van der Waals surface area contributed by atoms with Gasteiger partial charge in [0.2, 0.25) is 11.1 Å². The van der Waals surface area contributed by atoms with Crippen molar-refractivity contribution in [1.82, 2.24) is 25.1 Å². The molecule has 1 saturated heterocycles. The highest BCUT2D eigenvalue weighted by atomic mass is 32.2. The van der Waals surface area contributed by atoms with E-state index in [4.69, 9.17) is 0 Å². The second kappa shape index (κ2) is 6.72. The van der Waals surface area contributed by atoms with E-state index >= 15 is 0 Å². The van der Waals surface area contributed by atoms with E-state index in [2.05, 4.69) is 15.5 Å². The average molecular weight is 269 g/mol. The summed E-state index contributed by atoms with van der Waals surface area (Å²) in [5, 5.41) is 12.0. The van der Waals surface area contributed by atoms with Crippen molar-refractivity contribution in [2.45, 2.75) is 37.3 Å². The fraction of sp³-hybridized carbons (Fsp3) is 0.818. The minimum Gasteiger partial charge on any atom is -0.343 e. The van der Waals surface area contributed by atoms with Crippen LogP contribution in [0, 0.1) is 0 Å². The highest BCUT2D eigenvalue weighted by Gasteiger charge is 2.15. The summed E-state index contributed by atoms with van der Waals surface area (Å²) < 4.78 is 1.63. The van der Waals surface area contributed by atoms with Gasteiger partial charge in [0.1, 0.15) is 0 Å². The van der Waals surface area contributed by atoms with E-state index in [1.54, 1.807) is 11.7 Å². The third-order valence-electron chi connectivity index (χ3n) is 3.09. The van der Waals surface area contributed by atoms with Gasteiger partial charge in [-0.25, -0.2) is 4.68 Å². The van der Waals surface area contributed by atoms with Gasteiger partial charge in [0.05, 0.1) is 0 Å². The molecule has 1 amide bonds. The number of carbonyl (C=O) groups is 1. The van der Waals surface area contributed by atoms with Crippen LogP contribution in [0.1, 0.15) is 32.1 Å². The molecule has 0 bridgehead atoms. The minimum absolute atomic E-state index is 0.263. The van der Waals surface area contributed by atoms with Crippen molar-refractivity contribution in [3.63, 3.8) is 0 Å². The summed E-state index contributed by atoms with van der Waals surface area (Å²) in [7, 11) is 1.80. The van der Waals surface area contributed by atoms with Crippen LogP contribution >= 0.6 is 11.8 Å². The molecule has 18 heavy (non-hydrogen) atoms. The van der Waals surface area contributed by atoms with Crippen molar-refractivity contribution < 1.29 is 4.79 Å². The molecule has 100 valence electrons. The molecule has 1 aliphatic heterocycles. The van der Waals surface area contributed by atoms with E-state index < -0.39 is 0 Å². The molecule has 0 spiro atoms. The summed E-state index contributed by atoms with van der Waals surface area (Å²) >= 11 is 1.53. The van der Waals surface area contributed by atoms with Crippen LogP contribution in [0.5, 0.6) is 0 Å². The molecule has 2 rings (SSSR count). The molecule has 1 aromatic rings. The van der Waals surface area contributed by atoms with E-state index in [1.807, 2.05) is 4.90 Å². The lowest BCUT2D eigenvalue weighted by molar-refractivity contribution is -0.130. The molecule has 0 atom stereocenters. The van der Waals surface area contributed by atoms with Crippen LogP contribution in [0.25, 0.3) is 0 Å². The second-order valence-corrected chi connectivity index (χ2v) is 5.54. The van der Waals surface area contributed by atoms with Crippen molar-refractivity contribution in [2.24, 2.45) is 7.05 Å². The monoisotopic (exact) mass is 269 g/mol. The Hall–Kier alpha value is -1.11. The van der Waals surface area contributed by atoms with Crippen LogP contribution in [0.2, 0.25) is 0 Å². The predicted octanol–water partition coefficient (Wildman–Crippen LogP) is 1.09. The number of rotatable bonds is 4. The quantitative estimate of drug-likeness (QED) is 0.766. The Labute approximate surface area is 111 Å². The van der Waals surface area contributed by atoms with Crippen LogP contribution in [0.4, 0.5) is 0 Å². The van der Waals surface area contributed by atoms with E-state index in [-0.39, 0.29) is 5.91 Å². The summed E-state index contributed by atoms with van der Waals surface area (Å²) in [4.78, 5) is 14.0. The molecule has 0 N–H and O–H groups in total. The van der Waals surface area contributed by atoms with Crippen molar-refractivity contribution in [3.8, 4) is 0 Å². The highest BCUT2D eigenvalue weighted by Crippen LogP contribution is 2.15. The number of carbonyl (C=O) groups excluding carboxylic acids is 1. The van der Waals surface area contributed by atoms with Crippen molar-refractivity contribution >= 4 is 17.7 Å². The number of tetrazole rings is 1. The van der Waals surface area contributed by atoms with Gasteiger partial charge in [0, 0.05) is 32.3 Å². The van der Waals surface area contributed by atoms with Gasteiger partial charge in [-0.3, -0.25) is 4.79 Å². The first-order chi connectivity index (χ1) is 8.77. The molecule has 0 aromatic carbocycles. The van der Waals surface area contributed by atoms with Crippen LogP contribution in [-0.2, 0) is 11.8 Å². The highest BCUT2D eigenvalue weighted by molar-refractivity contribution is 7.99. The number of hydrogen-bond acceptors (Lipinski definition) is 5. The molecule has 1 aromatic heterocycles.